The molecular formula is C19H18ClNO5. The number of carbonyl (C=O) groups excluding carboxylic acids is 1. The van der Waals surface area contributed by atoms with Crippen LogP contribution in [0, 0.1) is 0 Å². The number of hydrogen-bond acceptors (Lipinski definition) is 5. The molecule has 0 saturated carbocycles. The molecule has 0 bridgehead atoms. The fourth-order valence-electron chi connectivity index (χ4n) is 3.34. The second-order valence-electron chi connectivity index (χ2n) is 5.91. The Labute approximate surface area is 156 Å². The Morgan fingerprint density at radius 1 is 1.12 bits per heavy atom. The monoisotopic (exact) mass is 375 g/mol. The number of rotatable bonds is 5. The zero-order chi connectivity index (χ0) is 18.1. The molecule has 0 aromatic heterocycles. The number of halogens is 1. The van der Waals surface area contributed by atoms with Crippen LogP contribution >= 0.6 is 11.6 Å². The van der Waals surface area contributed by atoms with Gasteiger partial charge >= 0.3 is 0 Å². The van der Waals surface area contributed by atoms with E-state index in [1.165, 1.54) is 0 Å². The summed E-state index contributed by atoms with van der Waals surface area (Å²) in [4.78, 5) is 14.6. The Balaban J connectivity index is 1.57. The standard InChI is InChI=1S/C19H18ClNO5/c1-23-15-7-2-3-8-16(15)24-10-9-21-17-13(5-4-6-14(17)20)19(18(21)22)25-11-12-26-19/h2-8H,9-12H2,1H3. The second-order valence-corrected chi connectivity index (χ2v) is 6.31. The minimum Gasteiger partial charge on any atom is -0.493 e. The topological polar surface area (TPSA) is 57.2 Å². The normalized spacial score (nSPS) is 17.6. The number of para-hydroxylation sites is 3. The first-order valence-electron chi connectivity index (χ1n) is 8.32. The van der Waals surface area contributed by atoms with E-state index in [1.807, 2.05) is 30.3 Å². The quantitative estimate of drug-likeness (QED) is 0.804. The van der Waals surface area contributed by atoms with E-state index in [-0.39, 0.29) is 12.5 Å². The van der Waals surface area contributed by atoms with Crippen LogP contribution in [-0.4, -0.2) is 39.4 Å². The van der Waals surface area contributed by atoms with Crippen molar-refractivity contribution in [2.45, 2.75) is 5.79 Å². The van der Waals surface area contributed by atoms with Crippen molar-refractivity contribution in [1.29, 1.82) is 0 Å². The number of hydrogen-bond donors (Lipinski definition) is 0. The molecule has 0 aliphatic carbocycles. The fourth-order valence-corrected chi connectivity index (χ4v) is 3.62. The molecule has 0 atom stereocenters. The van der Waals surface area contributed by atoms with Crippen molar-refractivity contribution < 1.29 is 23.7 Å². The van der Waals surface area contributed by atoms with Gasteiger partial charge in [0, 0.05) is 5.56 Å². The highest BCUT2D eigenvalue weighted by molar-refractivity contribution is 6.35. The number of anilines is 1. The van der Waals surface area contributed by atoms with Gasteiger partial charge in [0.15, 0.2) is 11.5 Å². The first-order chi connectivity index (χ1) is 12.7. The van der Waals surface area contributed by atoms with E-state index in [9.17, 15) is 4.79 Å². The summed E-state index contributed by atoms with van der Waals surface area (Å²) in [5, 5.41) is 0.476. The Kier molecular flexibility index (Phi) is 4.48. The molecule has 1 spiro atoms. The van der Waals surface area contributed by atoms with Crippen molar-refractivity contribution in [3.63, 3.8) is 0 Å². The van der Waals surface area contributed by atoms with Crippen LogP contribution in [0.15, 0.2) is 42.5 Å². The molecule has 6 nitrogen and oxygen atoms in total. The maximum atomic E-state index is 13.0. The van der Waals surface area contributed by atoms with Crippen molar-refractivity contribution in [1.82, 2.24) is 0 Å². The minimum atomic E-state index is -1.38. The van der Waals surface area contributed by atoms with Gasteiger partial charge in [-0.25, -0.2) is 0 Å². The highest BCUT2D eigenvalue weighted by Crippen LogP contribution is 2.48. The van der Waals surface area contributed by atoms with Gasteiger partial charge in [-0.3, -0.25) is 4.79 Å². The SMILES string of the molecule is COc1ccccc1OCCN1C(=O)C2(OCCO2)c2cccc(Cl)c21. The average Bonchev–Trinajstić information content (AvgIpc) is 3.24. The third-order valence-electron chi connectivity index (χ3n) is 4.47. The summed E-state index contributed by atoms with van der Waals surface area (Å²) in [7, 11) is 1.58. The van der Waals surface area contributed by atoms with Crippen molar-refractivity contribution in [2.24, 2.45) is 0 Å². The summed E-state index contributed by atoms with van der Waals surface area (Å²) >= 11 is 6.37. The smallest absolute Gasteiger partial charge is 0.292 e. The molecule has 1 fully saturated rings. The van der Waals surface area contributed by atoms with E-state index in [4.69, 9.17) is 30.5 Å². The lowest BCUT2D eigenvalue weighted by molar-refractivity contribution is -0.180. The third-order valence-corrected chi connectivity index (χ3v) is 4.78. The van der Waals surface area contributed by atoms with E-state index >= 15 is 0 Å². The van der Waals surface area contributed by atoms with Crippen LogP contribution in [0.3, 0.4) is 0 Å². The van der Waals surface area contributed by atoms with Crippen LogP contribution in [0.2, 0.25) is 5.02 Å². The zero-order valence-electron chi connectivity index (χ0n) is 14.2. The van der Waals surface area contributed by atoms with Crippen molar-refractivity contribution in [3.8, 4) is 11.5 Å². The molecule has 0 N–H and O–H groups in total. The molecule has 136 valence electrons. The van der Waals surface area contributed by atoms with E-state index < -0.39 is 5.79 Å². The number of amides is 1. The lowest BCUT2D eigenvalue weighted by Crippen LogP contribution is -2.42. The zero-order valence-corrected chi connectivity index (χ0v) is 15.0. The number of carbonyl (C=O) groups is 1. The number of nitrogens with zero attached hydrogens (tertiary/aromatic N) is 1. The van der Waals surface area contributed by atoms with Crippen LogP contribution in [0.5, 0.6) is 11.5 Å². The van der Waals surface area contributed by atoms with Crippen molar-refractivity contribution >= 4 is 23.2 Å². The molecule has 0 unspecified atom stereocenters. The van der Waals surface area contributed by atoms with Gasteiger partial charge in [-0.15, -0.1) is 0 Å². The Morgan fingerprint density at radius 3 is 2.58 bits per heavy atom. The maximum absolute atomic E-state index is 13.0. The summed E-state index contributed by atoms with van der Waals surface area (Å²) < 4.78 is 22.5. The Morgan fingerprint density at radius 2 is 1.85 bits per heavy atom. The number of benzene rings is 2. The highest BCUT2D eigenvalue weighted by atomic mass is 35.5. The van der Waals surface area contributed by atoms with Gasteiger partial charge in [0.05, 0.1) is 37.6 Å². The van der Waals surface area contributed by atoms with Gasteiger partial charge in [0.2, 0.25) is 0 Å². The molecule has 2 aliphatic heterocycles. The van der Waals surface area contributed by atoms with Gasteiger partial charge in [-0.2, -0.15) is 0 Å². The van der Waals surface area contributed by atoms with Gasteiger partial charge in [0.25, 0.3) is 11.7 Å². The van der Waals surface area contributed by atoms with Crippen molar-refractivity contribution in [3.05, 3.63) is 53.1 Å². The maximum Gasteiger partial charge on any atom is 0.292 e. The summed E-state index contributed by atoms with van der Waals surface area (Å²) in [6.45, 7) is 1.31. The molecular weight excluding hydrogens is 358 g/mol. The lowest BCUT2D eigenvalue weighted by Gasteiger charge is -2.22. The average molecular weight is 376 g/mol. The predicted octanol–water partition coefficient (Wildman–Crippen LogP) is 2.97. The van der Waals surface area contributed by atoms with E-state index in [0.717, 1.165) is 0 Å². The minimum absolute atomic E-state index is 0.271. The third kappa shape index (κ3) is 2.61. The molecule has 2 aromatic rings. The molecule has 2 aliphatic rings. The van der Waals surface area contributed by atoms with Gasteiger partial charge in [-0.05, 0) is 18.2 Å². The lowest BCUT2D eigenvalue weighted by atomic mass is 10.1. The molecule has 4 rings (SSSR count). The van der Waals surface area contributed by atoms with Crippen molar-refractivity contribution in [2.75, 3.05) is 38.4 Å². The predicted molar refractivity (Wildman–Crippen MR) is 95.9 cm³/mol. The summed E-state index contributed by atoms with van der Waals surface area (Å²) in [6.07, 6.45) is 0. The summed E-state index contributed by atoms with van der Waals surface area (Å²) in [6, 6.07) is 12.7. The van der Waals surface area contributed by atoms with Gasteiger partial charge in [0.1, 0.15) is 6.61 Å². The summed E-state index contributed by atoms with van der Waals surface area (Å²) in [5.41, 5.74) is 1.26. The number of fused-ring (bicyclic) bond motifs is 2. The van der Waals surface area contributed by atoms with Gasteiger partial charge in [-0.1, -0.05) is 35.9 Å². The van der Waals surface area contributed by atoms with Crippen LogP contribution in [-0.2, 0) is 20.1 Å². The molecule has 26 heavy (non-hydrogen) atoms. The van der Waals surface area contributed by atoms with Crippen LogP contribution in [0.25, 0.3) is 0 Å². The first kappa shape index (κ1) is 17.1. The van der Waals surface area contributed by atoms with Crippen LogP contribution < -0.4 is 14.4 Å². The molecule has 2 heterocycles. The van der Waals surface area contributed by atoms with Gasteiger partial charge < -0.3 is 23.8 Å². The molecule has 2 aromatic carbocycles. The number of ether oxygens (including phenoxy) is 4. The fraction of sp³-hybridized carbons (Fsp3) is 0.316. The number of methoxy groups -OCH3 is 1. The largest absolute Gasteiger partial charge is 0.493 e. The molecule has 0 radical (unpaired) electrons. The van der Waals surface area contributed by atoms with Crippen LogP contribution in [0.1, 0.15) is 5.56 Å². The Hall–Kier alpha value is -2.28. The highest BCUT2D eigenvalue weighted by Gasteiger charge is 2.56. The Bertz CT molecular complexity index is 834. The van der Waals surface area contributed by atoms with Crippen LogP contribution in [0.4, 0.5) is 5.69 Å². The van der Waals surface area contributed by atoms with E-state index in [2.05, 4.69) is 0 Å². The first-order valence-corrected chi connectivity index (χ1v) is 8.70. The molecule has 1 saturated heterocycles. The molecule has 7 heteroatoms. The van der Waals surface area contributed by atoms with E-state index in [0.29, 0.717) is 47.5 Å². The van der Waals surface area contributed by atoms with E-state index in [1.54, 1.807) is 24.1 Å². The second kappa shape index (κ2) is 6.79. The summed E-state index contributed by atoms with van der Waals surface area (Å²) in [5.74, 6) is -0.409. The molecule has 1 amide bonds.